The van der Waals surface area contributed by atoms with Crippen molar-refractivity contribution in [1.29, 1.82) is 0 Å². The van der Waals surface area contributed by atoms with E-state index in [0.717, 1.165) is 50.5 Å². The van der Waals surface area contributed by atoms with E-state index in [9.17, 15) is 13.0 Å². The Morgan fingerprint density at radius 1 is 1.00 bits per heavy atom. The molecule has 0 saturated carbocycles. The first kappa shape index (κ1) is 25.9. The number of hydrogen-bond donors (Lipinski definition) is 0. The molecule has 0 radical (unpaired) electrons. The average Bonchev–Trinajstić information content (AvgIpc) is 2.56. The second-order valence-corrected chi connectivity index (χ2v) is 8.62. The molecule has 26 heavy (non-hydrogen) atoms. The van der Waals surface area contributed by atoms with Gasteiger partial charge in [0, 0.05) is 0 Å². The predicted octanol–water partition coefficient (Wildman–Crippen LogP) is 2.21. The summed E-state index contributed by atoms with van der Waals surface area (Å²) >= 11 is 0. The smallest absolute Gasteiger partial charge is 0.745 e. The van der Waals surface area contributed by atoms with Crippen LogP contribution in [0.3, 0.4) is 0 Å². The van der Waals surface area contributed by atoms with Gasteiger partial charge in [0.1, 0.15) is 15.9 Å². The molecular formula is C20H33NaO4S. The van der Waals surface area contributed by atoms with Gasteiger partial charge in [0.25, 0.3) is 0 Å². The van der Waals surface area contributed by atoms with Crippen molar-refractivity contribution in [3.8, 4) is 5.75 Å². The van der Waals surface area contributed by atoms with Crippen LogP contribution in [0.25, 0.3) is 0 Å². The van der Waals surface area contributed by atoms with Gasteiger partial charge in [-0.3, -0.25) is 0 Å². The molecule has 0 aliphatic carbocycles. The van der Waals surface area contributed by atoms with Crippen molar-refractivity contribution in [3.05, 3.63) is 29.3 Å². The third-order valence-electron chi connectivity index (χ3n) is 4.81. The molecule has 0 bridgehead atoms. The minimum Gasteiger partial charge on any atom is -0.745 e. The topological polar surface area (TPSA) is 66.4 Å². The Morgan fingerprint density at radius 2 is 1.58 bits per heavy atom. The standard InChI is InChI=1S/C20H34O4S.Na/c1-5-8-10-13-17-14-12-16-19(18(17)15-11-9-6-2)24-20(4,7-3)25(21,22)23;/h12,14,16H,5-11,13,15H2,1-4H3,(H,21,22,23);/q;+1/p-1. The first-order valence-electron chi connectivity index (χ1n) is 9.54. The second kappa shape index (κ2) is 12.4. The maximum absolute atomic E-state index is 11.7. The van der Waals surface area contributed by atoms with Crippen LogP contribution in [-0.4, -0.2) is 17.9 Å². The molecule has 0 aromatic heterocycles. The number of ether oxygens (including phenoxy) is 1. The normalized spacial score (nSPS) is 13.7. The van der Waals surface area contributed by atoms with Gasteiger partial charge in [0.15, 0.2) is 4.93 Å². The molecule has 0 aliphatic heterocycles. The molecule has 1 atom stereocenters. The predicted molar refractivity (Wildman–Crippen MR) is 102 cm³/mol. The number of rotatable bonds is 12. The van der Waals surface area contributed by atoms with E-state index in [1.165, 1.54) is 18.9 Å². The summed E-state index contributed by atoms with van der Waals surface area (Å²) in [6, 6.07) is 5.79. The summed E-state index contributed by atoms with van der Waals surface area (Å²) in [6.07, 6.45) is 8.63. The van der Waals surface area contributed by atoms with Gasteiger partial charge in [0.2, 0.25) is 0 Å². The number of hydrogen-bond acceptors (Lipinski definition) is 4. The summed E-state index contributed by atoms with van der Waals surface area (Å²) < 4.78 is 40.9. The zero-order chi connectivity index (χ0) is 18.9. The number of aryl methyl sites for hydroxylation is 1. The molecule has 0 fully saturated rings. The van der Waals surface area contributed by atoms with E-state index in [4.69, 9.17) is 4.74 Å². The number of unbranched alkanes of at least 4 members (excludes halogenated alkanes) is 4. The molecule has 0 aliphatic rings. The van der Waals surface area contributed by atoms with Crippen LogP contribution in [0.15, 0.2) is 18.2 Å². The summed E-state index contributed by atoms with van der Waals surface area (Å²) in [5, 5.41) is 0. The zero-order valence-corrected chi connectivity index (χ0v) is 20.0. The molecule has 0 N–H and O–H groups in total. The first-order chi connectivity index (χ1) is 11.8. The minimum absolute atomic E-state index is 0. The van der Waals surface area contributed by atoms with E-state index in [1.54, 1.807) is 13.0 Å². The van der Waals surface area contributed by atoms with Crippen LogP contribution >= 0.6 is 0 Å². The fraction of sp³-hybridized carbons (Fsp3) is 0.700. The van der Waals surface area contributed by atoms with Crippen molar-refractivity contribution in [2.75, 3.05) is 0 Å². The van der Waals surface area contributed by atoms with Gasteiger partial charge in [-0.25, -0.2) is 8.42 Å². The minimum atomic E-state index is -4.56. The maximum atomic E-state index is 11.7. The fourth-order valence-electron chi connectivity index (χ4n) is 2.87. The Labute approximate surface area is 182 Å². The van der Waals surface area contributed by atoms with Crippen LogP contribution < -0.4 is 34.3 Å². The summed E-state index contributed by atoms with van der Waals surface area (Å²) in [7, 11) is -4.56. The van der Waals surface area contributed by atoms with Gasteiger partial charge in [-0.05, 0) is 56.2 Å². The van der Waals surface area contributed by atoms with Gasteiger partial charge in [-0.15, -0.1) is 0 Å². The first-order valence-corrected chi connectivity index (χ1v) is 10.9. The molecule has 0 spiro atoms. The van der Waals surface area contributed by atoms with Crippen molar-refractivity contribution >= 4 is 10.1 Å². The molecule has 6 heteroatoms. The molecule has 0 saturated heterocycles. The van der Waals surface area contributed by atoms with Gasteiger partial charge in [-0.2, -0.15) is 0 Å². The van der Waals surface area contributed by atoms with Crippen LogP contribution in [-0.2, 0) is 23.0 Å². The molecule has 4 nitrogen and oxygen atoms in total. The van der Waals surface area contributed by atoms with E-state index in [0.29, 0.717) is 5.75 Å². The van der Waals surface area contributed by atoms with Gasteiger partial charge < -0.3 is 9.29 Å². The largest absolute Gasteiger partial charge is 1.00 e. The fourth-order valence-corrected chi connectivity index (χ4v) is 3.42. The third kappa shape index (κ3) is 7.51. The zero-order valence-electron chi connectivity index (χ0n) is 17.1. The van der Waals surface area contributed by atoms with Gasteiger partial charge >= 0.3 is 29.6 Å². The molecule has 0 heterocycles. The van der Waals surface area contributed by atoms with E-state index in [2.05, 4.69) is 19.9 Å². The maximum Gasteiger partial charge on any atom is 1.00 e. The van der Waals surface area contributed by atoms with Crippen molar-refractivity contribution in [2.45, 2.75) is 90.4 Å². The Bertz CT molecular complexity index is 631. The monoisotopic (exact) mass is 392 g/mol. The van der Waals surface area contributed by atoms with E-state index >= 15 is 0 Å². The molecule has 1 rings (SSSR count). The van der Waals surface area contributed by atoms with Crippen LogP contribution in [0.5, 0.6) is 5.75 Å². The second-order valence-electron chi connectivity index (χ2n) is 6.85. The molecule has 144 valence electrons. The molecule has 1 aromatic rings. The van der Waals surface area contributed by atoms with Crippen molar-refractivity contribution in [3.63, 3.8) is 0 Å². The Balaban J connectivity index is 0.00000625. The Morgan fingerprint density at radius 3 is 2.08 bits per heavy atom. The summed E-state index contributed by atoms with van der Waals surface area (Å²) in [5.41, 5.74) is 2.28. The van der Waals surface area contributed by atoms with Crippen molar-refractivity contribution < 1.29 is 47.3 Å². The Hall–Kier alpha value is -0.0700. The molecule has 1 aromatic carbocycles. The van der Waals surface area contributed by atoms with Crippen LogP contribution in [0.4, 0.5) is 0 Å². The summed E-state index contributed by atoms with van der Waals surface area (Å²) in [5.74, 6) is 0.550. The summed E-state index contributed by atoms with van der Waals surface area (Å²) in [4.78, 5) is -1.73. The van der Waals surface area contributed by atoms with Crippen molar-refractivity contribution in [1.82, 2.24) is 0 Å². The SMILES string of the molecule is CCCCCc1cccc(OC(C)(CC)S(=O)(=O)[O-])c1CCCCC.[Na+]. The quantitative estimate of drug-likeness (QED) is 0.311. The molecule has 1 unspecified atom stereocenters. The van der Waals surface area contributed by atoms with Gasteiger partial charge in [-0.1, -0.05) is 58.6 Å². The van der Waals surface area contributed by atoms with Crippen LogP contribution in [0, 0.1) is 0 Å². The third-order valence-corrected chi connectivity index (χ3v) is 6.24. The van der Waals surface area contributed by atoms with E-state index in [1.807, 2.05) is 6.07 Å². The summed E-state index contributed by atoms with van der Waals surface area (Å²) in [6.45, 7) is 7.36. The molecule has 0 amide bonds. The van der Waals surface area contributed by atoms with Gasteiger partial charge in [0.05, 0.1) is 0 Å². The Kier molecular flexibility index (Phi) is 12.4. The van der Waals surface area contributed by atoms with Crippen LogP contribution in [0.2, 0.25) is 0 Å². The number of benzene rings is 1. The molecular weight excluding hydrogens is 359 g/mol. The van der Waals surface area contributed by atoms with E-state index in [-0.39, 0.29) is 36.0 Å². The van der Waals surface area contributed by atoms with E-state index < -0.39 is 15.1 Å². The van der Waals surface area contributed by atoms with Crippen molar-refractivity contribution in [2.24, 2.45) is 0 Å². The average molecular weight is 393 g/mol. The van der Waals surface area contributed by atoms with Crippen LogP contribution in [0.1, 0.15) is 83.8 Å².